The van der Waals surface area contributed by atoms with E-state index in [1.165, 1.54) is 0 Å². The van der Waals surface area contributed by atoms with Crippen LogP contribution in [-0.2, 0) is 16.6 Å². The minimum absolute atomic E-state index is 0.139. The lowest BCUT2D eigenvalue weighted by molar-refractivity contribution is 0.452. The lowest BCUT2D eigenvalue weighted by Gasteiger charge is -2.17. The Kier molecular flexibility index (Phi) is 3.99. The van der Waals surface area contributed by atoms with Gasteiger partial charge in [-0.2, -0.15) is 4.31 Å². The van der Waals surface area contributed by atoms with Gasteiger partial charge in [0.1, 0.15) is 4.90 Å². The molecule has 0 bridgehead atoms. The van der Waals surface area contributed by atoms with Crippen LogP contribution in [0.15, 0.2) is 23.2 Å². The van der Waals surface area contributed by atoms with Crippen LogP contribution in [0.3, 0.4) is 0 Å². The van der Waals surface area contributed by atoms with Crippen LogP contribution in [0.2, 0.25) is 0 Å². The molecule has 2 rings (SSSR count). The van der Waals surface area contributed by atoms with Gasteiger partial charge in [-0.1, -0.05) is 13.3 Å². The summed E-state index contributed by atoms with van der Waals surface area (Å²) in [5.41, 5.74) is 6.00. The molecule has 0 spiro atoms. The predicted octanol–water partition coefficient (Wildman–Crippen LogP) is 0.961. The Morgan fingerprint density at radius 2 is 2.33 bits per heavy atom. The molecule has 0 aromatic carbocycles. The highest BCUT2D eigenvalue weighted by atomic mass is 32.2. The summed E-state index contributed by atoms with van der Waals surface area (Å²) in [7, 11) is -3.43. The van der Waals surface area contributed by atoms with Crippen LogP contribution < -0.4 is 5.73 Å². The highest BCUT2D eigenvalue weighted by Gasteiger charge is 2.33. The Hall–Kier alpha value is -0.980. The van der Waals surface area contributed by atoms with Crippen LogP contribution in [0.1, 0.15) is 25.5 Å². The number of rotatable bonds is 4. The molecule has 2 N–H and O–H groups in total. The van der Waals surface area contributed by atoms with Crippen molar-refractivity contribution in [3.05, 3.63) is 24.0 Å². The van der Waals surface area contributed by atoms with E-state index in [0.29, 0.717) is 24.7 Å². The van der Waals surface area contributed by atoms with Crippen molar-refractivity contribution in [3.63, 3.8) is 0 Å². The van der Waals surface area contributed by atoms with Crippen molar-refractivity contribution in [1.29, 1.82) is 0 Å². The van der Waals surface area contributed by atoms with Crippen molar-refractivity contribution in [2.24, 2.45) is 11.7 Å². The molecule has 1 aliphatic heterocycles. The number of hydrogen-bond donors (Lipinski definition) is 1. The van der Waals surface area contributed by atoms with Crippen LogP contribution in [0, 0.1) is 5.92 Å². The third-order valence-electron chi connectivity index (χ3n) is 3.49. The summed E-state index contributed by atoms with van der Waals surface area (Å²) in [4.78, 5) is 4.30. The first kappa shape index (κ1) is 13.5. The third-order valence-corrected chi connectivity index (χ3v) is 5.42. The van der Waals surface area contributed by atoms with Gasteiger partial charge in [0.2, 0.25) is 10.0 Å². The Balaban J connectivity index is 2.31. The summed E-state index contributed by atoms with van der Waals surface area (Å²) in [6.07, 6.45) is 3.52. The summed E-state index contributed by atoms with van der Waals surface area (Å²) < 4.78 is 26.6. The maximum absolute atomic E-state index is 12.5. The molecule has 1 aromatic rings. The molecule has 6 heteroatoms. The number of pyridine rings is 1. The summed E-state index contributed by atoms with van der Waals surface area (Å²) in [6.45, 7) is 3.44. The molecule has 1 aromatic heterocycles. The average Bonchev–Trinajstić information content (AvgIpc) is 2.88. The van der Waals surface area contributed by atoms with E-state index in [1.54, 1.807) is 22.6 Å². The van der Waals surface area contributed by atoms with E-state index in [4.69, 9.17) is 5.73 Å². The molecular weight excluding hydrogens is 250 g/mol. The van der Waals surface area contributed by atoms with Crippen molar-refractivity contribution in [2.75, 3.05) is 13.1 Å². The largest absolute Gasteiger partial charge is 0.325 e. The van der Waals surface area contributed by atoms with E-state index in [1.807, 2.05) is 0 Å². The molecule has 1 saturated heterocycles. The first-order chi connectivity index (χ1) is 8.59. The van der Waals surface area contributed by atoms with Gasteiger partial charge < -0.3 is 5.73 Å². The van der Waals surface area contributed by atoms with Gasteiger partial charge in [0, 0.05) is 25.8 Å². The maximum Gasteiger partial charge on any atom is 0.244 e. The zero-order chi connectivity index (χ0) is 13.2. The predicted molar refractivity (Wildman–Crippen MR) is 69.3 cm³/mol. The van der Waals surface area contributed by atoms with Crippen molar-refractivity contribution < 1.29 is 8.42 Å². The normalized spacial score (nSPS) is 21.3. The monoisotopic (exact) mass is 269 g/mol. The number of nitrogens with zero attached hydrogens (tertiary/aromatic N) is 2. The first-order valence-electron chi connectivity index (χ1n) is 6.23. The Morgan fingerprint density at radius 1 is 1.56 bits per heavy atom. The molecule has 1 fully saturated rings. The number of hydrogen-bond acceptors (Lipinski definition) is 4. The quantitative estimate of drug-likeness (QED) is 0.883. The van der Waals surface area contributed by atoms with Crippen LogP contribution >= 0.6 is 0 Å². The van der Waals surface area contributed by atoms with Gasteiger partial charge in [-0.25, -0.2) is 8.42 Å². The second-order valence-corrected chi connectivity index (χ2v) is 6.48. The summed E-state index contributed by atoms with van der Waals surface area (Å²) >= 11 is 0. The smallest absolute Gasteiger partial charge is 0.244 e. The first-order valence-corrected chi connectivity index (χ1v) is 7.67. The minimum Gasteiger partial charge on any atom is -0.325 e. The van der Waals surface area contributed by atoms with Gasteiger partial charge in [0.25, 0.3) is 0 Å². The van der Waals surface area contributed by atoms with Crippen molar-refractivity contribution in [3.8, 4) is 0 Å². The topological polar surface area (TPSA) is 76.3 Å². The summed E-state index contributed by atoms with van der Waals surface area (Å²) in [5, 5.41) is 0. The molecule has 1 atom stereocenters. The fourth-order valence-electron chi connectivity index (χ4n) is 2.30. The van der Waals surface area contributed by atoms with Crippen LogP contribution in [-0.4, -0.2) is 30.8 Å². The van der Waals surface area contributed by atoms with Gasteiger partial charge in [-0.05, 0) is 24.5 Å². The fraction of sp³-hybridized carbons (Fsp3) is 0.583. The molecule has 100 valence electrons. The fourth-order valence-corrected chi connectivity index (χ4v) is 4.01. The number of nitrogens with two attached hydrogens (primary N) is 1. The minimum atomic E-state index is -3.43. The molecule has 0 amide bonds. The zero-order valence-electron chi connectivity index (χ0n) is 10.5. The third kappa shape index (κ3) is 2.41. The van der Waals surface area contributed by atoms with Crippen LogP contribution in [0.25, 0.3) is 0 Å². The Bertz CT molecular complexity index is 516. The average molecular weight is 269 g/mol. The van der Waals surface area contributed by atoms with E-state index >= 15 is 0 Å². The molecule has 0 saturated carbocycles. The Labute approximate surface area is 108 Å². The second-order valence-electron chi connectivity index (χ2n) is 4.58. The highest BCUT2D eigenvalue weighted by molar-refractivity contribution is 7.89. The highest BCUT2D eigenvalue weighted by Crippen LogP contribution is 2.26. The lowest BCUT2D eigenvalue weighted by Crippen LogP contribution is -2.30. The van der Waals surface area contributed by atoms with E-state index in [-0.39, 0.29) is 11.4 Å². The molecule has 18 heavy (non-hydrogen) atoms. The SMILES string of the molecule is CCC1CCN(S(=O)(=O)c2cccnc2CN)C1. The molecule has 1 aliphatic rings. The van der Waals surface area contributed by atoms with E-state index in [2.05, 4.69) is 11.9 Å². The Morgan fingerprint density at radius 3 is 2.94 bits per heavy atom. The van der Waals surface area contributed by atoms with E-state index in [0.717, 1.165) is 12.8 Å². The molecule has 0 radical (unpaired) electrons. The summed E-state index contributed by atoms with van der Waals surface area (Å²) in [5.74, 6) is 0.470. The zero-order valence-corrected chi connectivity index (χ0v) is 11.4. The molecule has 2 heterocycles. The standard InChI is InChI=1S/C12H19N3O2S/c1-2-10-5-7-15(9-10)18(16,17)12-4-3-6-14-11(12)8-13/h3-4,6,10H,2,5,7-9,13H2,1H3. The van der Waals surface area contributed by atoms with Crippen LogP contribution in [0.4, 0.5) is 0 Å². The second kappa shape index (κ2) is 5.34. The molecule has 5 nitrogen and oxygen atoms in total. The molecule has 0 aliphatic carbocycles. The van der Waals surface area contributed by atoms with Gasteiger partial charge in [-0.15, -0.1) is 0 Å². The van der Waals surface area contributed by atoms with Gasteiger partial charge in [0.05, 0.1) is 5.69 Å². The summed E-state index contributed by atoms with van der Waals surface area (Å²) in [6, 6.07) is 3.23. The molecular formula is C12H19N3O2S. The van der Waals surface area contributed by atoms with E-state index in [9.17, 15) is 8.42 Å². The van der Waals surface area contributed by atoms with Crippen LogP contribution in [0.5, 0.6) is 0 Å². The van der Waals surface area contributed by atoms with Gasteiger partial charge >= 0.3 is 0 Å². The van der Waals surface area contributed by atoms with Crippen molar-refractivity contribution >= 4 is 10.0 Å². The maximum atomic E-state index is 12.5. The van der Waals surface area contributed by atoms with Crippen molar-refractivity contribution in [1.82, 2.24) is 9.29 Å². The van der Waals surface area contributed by atoms with Gasteiger partial charge in [0.15, 0.2) is 0 Å². The number of sulfonamides is 1. The number of aromatic nitrogens is 1. The van der Waals surface area contributed by atoms with Gasteiger partial charge in [-0.3, -0.25) is 4.98 Å². The van der Waals surface area contributed by atoms with Crippen molar-refractivity contribution in [2.45, 2.75) is 31.2 Å². The lowest BCUT2D eigenvalue weighted by atomic mass is 10.1. The van der Waals surface area contributed by atoms with E-state index < -0.39 is 10.0 Å². The molecule has 1 unspecified atom stereocenters.